The van der Waals surface area contributed by atoms with Crippen LogP contribution in [0.3, 0.4) is 0 Å². The van der Waals surface area contributed by atoms with E-state index in [0.717, 1.165) is 16.0 Å². The monoisotopic (exact) mass is 513 g/mol. The highest BCUT2D eigenvalue weighted by Gasteiger charge is 2.25. The number of carbonyl (C=O) groups is 2. The number of amides is 3. The molecule has 3 amide bonds. The van der Waals surface area contributed by atoms with Crippen LogP contribution in [0.15, 0.2) is 53.9 Å². The lowest BCUT2D eigenvalue weighted by atomic mass is 10.2. The molecule has 1 heterocycles. The first kappa shape index (κ1) is 27.0. The van der Waals surface area contributed by atoms with Crippen molar-refractivity contribution >= 4 is 29.0 Å². The summed E-state index contributed by atoms with van der Waals surface area (Å²) in [4.78, 5) is 31.0. The van der Waals surface area contributed by atoms with Crippen LogP contribution in [-0.4, -0.2) is 48.5 Å². The van der Waals surface area contributed by atoms with Gasteiger partial charge in [0.25, 0.3) is 0 Å². The molecule has 0 saturated heterocycles. The number of nitrogens with one attached hydrogen (secondary N) is 1. The number of nitrogens with zero attached hydrogens (tertiary/aromatic N) is 2. The Morgan fingerprint density at radius 1 is 1.00 bits per heavy atom. The SMILES string of the molecule is COc1cc(NC(=O)N(CC(=O)N(Cc2ccc(F)cc2)Cc2sccc2C)C(C)C)cc(OC)c1. The van der Waals surface area contributed by atoms with Gasteiger partial charge in [0.1, 0.15) is 23.9 Å². The van der Waals surface area contributed by atoms with E-state index in [2.05, 4.69) is 5.32 Å². The molecule has 0 aliphatic heterocycles. The van der Waals surface area contributed by atoms with Gasteiger partial charge < -0.3 is 24.6 Å². The molecule has 1 N–H and O–H groups in total. The minimum absolute atomic E-state index is 0.115. The molecule has 0 fully saturated rings. The van der Waals surface area contributed by atoms with Gasteiger partial charge in [0.2, 0.25) is 5.91 Å². The fourth-order valence-corrected chi connectivity index (χ4v) is 4.51. The van der Waals surface area contributed by atoms with E-state index in [4.69, 9.17) is 9.47 Å². The fourth-order valence-electron chi connectivity index (χ4n) is 3.59. The molecule has 7 nitrogen and oxygen atoms in total. The van der Waals surface area contributed by atoms with Crippen LogP contribution >= 0.6 is 11.3 Å². The van der Waals surface area contributed by atoms with Gasteiger partial charge in [0, 0.05) is 41.4 Å². The number of halogens is 1. The highest BCUT2D eigenvalue weighted by atomic mass is 32.1. The standard InChI is InChI=1S/C27H32FN3O4S/c1-18(2)31(27(33)29-22-12-23(34-4)14-24(13-22)35-5)17-26(32)30(16-25-19(3)10-11-36-25)15-20-6-8-21(28)9-7-20/h6-14,18H,15-17H2,1-5H3,(H,29,33). The van der Waals surface area contributed by atoms with Gasteiger partial charge in [0.15, 0.2) is 0 Å². The number of methoxy groups -OCH3 is 2. The van der Waals surface area contributed by atoms with Crippen molar-refractivity contribution in [1.82, 2.24) is 9.80 Å². The molecule has 1 aromatic heterocycles. The minimum Gasteiger partial charge on any atom is -0.497 e. The number of carbonyl (C=O) groups excluding carboxylic acids is 2. The van der Waals surface area contributed by atoms with Crippen LogP contribution in [0.4, 0.5) is 14.9 Å². The molecule has 0 spiro atoms. The molecule has 0 atom stereocenters. The van der Waals surface area contributed by atoms with Gasteiger partial charge in [-0.15, -0.1) is 11.3 Å². The number of rotatable bonds is 10. The summed E-state index contributed by atoms with van der Waals surface area (Å²) in [6.07, 6.45) is 0. The third-order valence-electron chi connectivity index (χ3n) is 5.73. The lowest BCUT2D eigenvalue weighted by Gasteiger charge is -2.30. The fraction of sp³-hybridized carbons (Fsp3) is 0.333. The van der Waals surface area contributed by atoms with Crippen LogP contribution in [0, 0.1) is 12.7 Å². The quantitative estimate of drug-likeness (QED) is 0.378. The van der Waals surface area contributed by atoms with Crippen molar-refractivity contribution in [3.05, 3.63) is 75.7 Å². The van der Waals surface area contributed by atoms with Crippen LogP contribution in [0.1, 0.15) is 29.9 Å². The number of urea groups is 1. The summed E-state index contributed by atoms with van der Waals surface area (Å²) in [5.74, 6) is 0.531. The molecule has 0 radical (unpaired) electrons. The molecular formula is C27H32FN3O4S. The summed E-state index contributed by atoms with van der Waals surface area (Å²) >= 11 is 1.58. The Labute approximate surface area is 215 Å². The van der Waals surface area contributed by atoms with Crippen molar-refractivity contribution < 1.29 is 23.5 Å². The van der Waals surface area contributed by atoms with Gasteiger partial charge >= 0.3 is 6.03 Å². The topological polar surface area (TPSA) is 71.1 Å². The Hall–Kier alpha value is -3.59. The molecule has 0 aliphatic carbocycles. The van der Waals surface area contributed by atoms with Gasteiger partial charge in [-0.05, 0) is 55.5 Å². The van der Waals surface area contributed by atoms with E-state index in [0.29, 0.717) is 30.3 Å². The third-order valence-corrected chi connectivity index (χ3v) is 6.74. The Bertz CT molecular complexity index is 1160. The Kier molecular flexibility index (Phi) is 9.30. The number of benzene rings is 2. The molecule has 36 heavy (non-hydrogen) atoms. The highest BCUT2D eigenvalue weighted by molar-refractivity contribution is 7.10. The Morgan fingerprint density at radius 2 is 1.64 bits per heavy atom. The second kappa shape index (κ2) is 12.4. The maximum atomic E-state index is 13.5. The van der Waals surface area contributed by atoms with Gasteiger partial charge in [-0.25, -0.2) is 9.18 Å². The van der Waals surface area contributed by atoms with Crippen LogP contribution in [0.25, 0.3) is 0 Å². The molecule has 3 rings (SSSR count). The van der Waals surface area contributed by atoms with Gasteiger partial charge in [-0.2, -0.15) is 0 Å². The van der Waals surface area contributed by atoms with Crippen LogP contribution in [0.2, 0.25) is 0 Å². The van der Waals surface area contributed by atoms with Crippen molar-refractivity contribution in [3.8, 4) is 11.5 Å². The Morgan fingerprint density at radius 3 is 2.17 bits per heavy atom. The van der Waals surface area contributed by atoms with E-state index in [1.54, 1.807) is 46.6 Å². The Balaban J connectivity index is 1.79. The summed E-state index contributed by atoms with van der Waals surface area (Å²) in [6, 6.07) is 12.5. The van der Waals surface area contributed by atoms with Crippen molar-refractivity contribution in [3.63, 3.8) is 0 Å². The second-order valence-corrected chi connectivity index (χ2v) is 9.66. The smallest absolute Gasteiger partial charge is 0.322 e. The first-order valence-electron chi connectivity index (χ1n) is 11.6. The number of hydrogen-bond acceptors (Lipinski definition) is 5. The van der Waals surface area contributed by atoms with E-state index in [9.17, 15) is 14.0 Å². The molecule has 0 bridgehead atoms. The molecule has 0 aliphatic rings. The minimum atomic E-state index is -0.414. The number of thiophene rings is 1. The lowest BCUT2D eigenvalue weighted by Crippen LogP contribution is -2.47. The van der Waals surface area contributed by atoms with Gasteiger partial charge in [-0.1, -0.05) is 12.1 Å². The number of anilines is 1. The van der Waals surface area contributed by atoms with Gasteiger partial charge in [-0.3, -0.25) is 4.79 Å². The summed E-state index contributed by atoms with van der Waals surface area (Å²) in [5, 5.41) is 4.83. The maximum absolute atomic E-state index is 13.5. The first-order chi connectivity index (χ1) is 17.2. The van der Waals surface area contributed by atoms with Crippen molar-refractivity contribution in [2.45, 2.75) is 39.9 Å². The van der Waals surface area contributed by atoms with E-state index >= 15 is 0 Å². The molecule has 0 unspecified atom stereocenters. The summed E-state index contributed by atoms with van der Waals surface area (Å²) in [5.41, 5.74) is 2.40. The molecule has 2 aromatic carbocycles. The van der Waals surface area contributed by atoms with Gasteiger partial charge in [0.05, 0.1) is 20.8 Å². The molecule has 0 saturated carbocycles. The zero-order valence-corrected chi connectivity index (χ0v) is 22.0. The van der Waals surface area contributed by atoms with Crippen molar-refractivity contribution in [2.24, 2.45) is 0 Å². The van der Waals surface area contributed by atoms with E-state index in [1.165, 1.54) is 31.3 Å². The number of aryl methyl sites for hydroxylation is 1. The normalized spacial score (nSPS) is 10.8. The average molecular weight is 514 g/mol. The largest absolute Gasteiger partial charge is 0.497 e. The third kappa shape index (κ3) is 7.21. The zero-order valence-electron chi connectivity index (χ0n) is 21.2. The zero-order chi connectivity index (χ0) is 26.2. The molecular weight excluding hydrogens is 481 g/mol. The van der Waals surface area contributed by atoms with Crippen LogP contribution in [0.5, 0.6) is 11.5 Å². The number of ether oxygens (including phenoxy) is 2. The predicted molar refractivity (Wildman–Crippen MR) is 140 cm³/mol. The van der Waals surface area contributed by atoms with E-state index in [1.807, 2.05) is 32.2 Å². The summed E-state index contributed by atoms with van der Waals surface area (Å²) in [6.45, 7) is 6.30. The number of hydrogen-bond donors (Lipinski definition) is 1. The van der Waals surface area contributed by atoms with Crippen LogP contribution < -0.4 is 14.8 Å². The average Bonchev–Trinajstić information content (AvgIpc) is 3.26. The van der Waals surface area contributed by atoms with E-state index in [-0.39, 0.29) is 24.3 Å². The van der Waals surface area contributed by atoms with E-state index < -0.39 is 6.03 Å². The molecule has 3 aromatic rings. The van der Waals surface area contributed by atoms with Crippen LogP contribution in [-0.2, 0) is 17.9 Å². The summed E-state index contributed by atoms with van der Waals surface area (Å²) in [7, 11) is 3.06. The highest BCUT2D eigenvalue weighted by Crippen LogP contribution is 2.26. The van der Waals surface area contributed by atoms with Crippen molar-refractivity contribution in [2.75, 3.05) is 26.1 Å². The predicted octanol–water partition coefficient (Wildman–Crippen LogP) is 5.68. The van der Waals surface area contributed by atoms with Crippen molar-refractivity contribution in [1.29, 1.82) is 0 Å². The summed E-state index contributed by atoms with van der Waals surface area (Å²) < 4.78 is 24.0. The maximum Gasteiger partial charge on any atom is 0.322 e. The lowest BCUT2D eigenvalue weighted by molar-refractivity contribution is -0.133. The first-order valence-corrected chi connectivity index (χ1v) is 12.4. The second-order valence-electron chi connectivity index (χ2n) is 8.66. The molecule has 9 heteroatoms. The molecule has 192 valence electrons.